The maximum atomic E-state index is 2.34. The standard InChI is InChI=1S/C9H21N.ClH/c1-5-7-9(8-6-2)10(3)4;/h9H,5-8H2,1-4H3;1H. The van der Waals surface area contributed by atoms with Crippen LogP contribution < -0.4 is 0 Å². The molecule has 0 bridgehead atoms. The van der Waals surface area contributed by atoms with Crippen molar-refractivity contribution >= 4 is 12.4 Å². The first-order valence-corrected chi connectivity index (χ1v) is 4.38. The summed E-state index contributed by atoms with van der Waals surface area (Å²) in [6, 6.07) is 0.815. The van der Waals surface area contributed by atoms with Gasteiger partial charge in [-0.1, -0.05) is 26.7 Å². The Morgan fingerprint density at radius 3 is 1.55 bits per heavy atom. The van der Waals surface area contributed by atoms with E-state index in [1.54, 1.807) is 0 Å². The van der Waals surface area contributed by atoms with Crippen LogP contribution in [-0.2, 0) is 0 Å². The predicted octanol–water partition coefficient (Wildman–Crippen LogP) is 2.94. The molecule has 0 aliphatic heterocycles. The third-order valence-corrected chi connectivity index (χ3v) is 1.97. The number of halogens is 1. The smallest absolute Gasteiger partial charge is 0.00889 e. The van der Waals surface area contributed by atoms with Gasteiger partial charge in [0.2, 0.25) is 0 Å². The van der Waals surface area contributed by atoms with Gasteiger partial charge in [-0.25, -0.2) is 0 Å². The molecule has 0 amide bonds. The molecule has 0 N–H and O–H groups in total. The maximum absolute atomic E-state index is 2.34. The Morgan fingerprint density at radius 1 is 1.00 bits per heavy atom. The monoisotopic (exact) mass is 179 g/mol. The molecule has 0 rings (SSSR count). The van der Waals surface area contributed by atoms with Crippen molar-refractivity contribution in [3.05, 3.63) is 0 Å². The van der Waals surface area contributed by atoms with Crippen molar-refractivity contribution in [2.24, 2.45) is 0 Å². The number of rotatable bonds is 5. The highest BCUT2D eigenvalue weighted by Crippen LogP contribution is 2.08. The summed E-state index contributed by atoms with van der Waals surface area (Å²) < 4.78 is 0. The lowest BCUT2D eigenvalue weighted by molar-refractivity contribution is 0.261. The highest BCUT2D eigenvalue weighted by molar-refractivity contribution is 5.85. The van der Waals surface area contributed by atoms with Gasteiger partial charge in [0.15, 0.2) is 0 Å². The van der Waals surface area contributed by atoms with Gasteiger partial charge in [0.05, 0.1) is 0 Å². The molecule has 0 fully saturated rings. The molecule has 0 unspecified atom stereocenters. The molecule has 2 heteroatoms. The zero-order valence-corrected chi connectivity index (χ0v) is 9.08. The first-order chi connectivity index (χ1) is 4.72. The third-order valence-electron chi connectivity index (χ3n) is 1.97. The van der Waals surface area contributed by atoms with Gasteiger partial charge in [-0.15, -0.1) is 12.4 Å². The van der Waals surface area contributed by atoms with Crippen molar-refractivity contribution < 1.29 is 0 Å². The first-order valence-electron chi connectivity index (χ1n) is 4.38. The van der Waals surface area contributed by atoms with E-state index in [-0.39, 0.29) is 12.4 Å². The van der Waals surface area contributed by atoms with E-state index in [0.29, 0.717) is 0 Å². The van der Waals surface area contributed by atoms with Crippen molar-refractivity contribution in [1.29, 1.82) is 0 Å². The maximum Gasteiger partial charge on any atom is 0.00889 e. The highest BCUT2D eigenvalue weighted by atomic mass is 35.5. The molecule has 1 nitrogen and oxygen atoms in total. The summed E-state index contributed by atoms with van der Waals surface area (Å²) in [5.41, 5.74) is 0. The van der Waals surface area contributed by atoms with Crippen molar-refractivity contribution in [2.75, 3.05) is 14.1 Å². The van der Waals surface area contributed by atoms with Crippen LogP contribution in [-0.4, -0.2) is 25.0 Å². The molecule has 0 saturated carbocycles. The van der Waals surface area contributed by atoms with Crippen LogP contribution in [0.15, 0.2) is 0 Å². The van der Waals surface area contributed by atoms with E-state index in [1.165, 1.54) is 25.7 Å². The summed E-state index contributed by atoms with van der Waals surface area (Å²) in [6.45, 7) is 4.51. The second-order valence-electron chi connectivity index (χ2n) is 3.19. The van der Waals surface area contributed by atoms with Gasteiger partial charge in [-0.3, -0.25) is 0 Å². The first kappa shape index (κ1) is 13.8. The number of nitrogens with zero attached hydrogens (tertiary/aromatic N) is 1. The van der Waals surface area contributed by atoms with Crippen LogP contribution in [0.3, 0.4) is 0 Å². The third kappa shape index (κ3) is 6.64. The van der Waals surface area contributed by atoms with Gasteiger partial charge in [0.1, 0.15) is 0 Å². The molecule has 11 heavy (non-hydrogen) atoms. The Kier molecular flexibility index (Phi) is 10.5. The molecule has 0 saturated heterocycles. The van der Waals surface area contributed by atoms with Crippen molar-refractivity contribution in [2.45, 2.75) is 45.6 Å². The normalized spacial score (nSPS) is 10.4. The summed E-state index contributed by atoms with van der Waals surface area (Å²) in [7, 11) is 4.35. The molecule has 0 aromatic heterocycles. The Balaban J connectivity index is 0. The van der Waals surface area contributed by atoms with Gasteiger partial charge in [-0.05, 0) is 26.9 Å². The molecule has 0 atom stereocenters. The lowest BCUT2D eigenvalue weighted by Gasteiger charge is -2.22. The van der Waals surface area contributed by atoms with Crippen LogP contribution in [0.2, 0.25) is 0 Å². The second-order valence-corrected chi connectivity index (χ2v) is 3.19. The quantitative estimate of drug-likeness (QED) is 0.628. The largest absolute Gasteiger partial charge is 0.306 e. The molecule has 0 radical (unpaired) electrons. The molecule has 0 aromatic rings. The van der Waals surface area contributed by atoms with Crippen LogP contribution in [0.4, 0.5) is 0 Å². The summed E-state index contributed by atoms with van der Waals surface area (Å²) in [5, 5.41) is 0. The van der Waals surface area contributed by atoms with Crippen LogP contribution in [0, 0.1) is 0 Å². The van der Waals surface area contributed by atoms with Crippen LogP contribution in [0.5, 0.6) is 0 Å². The zero-order chi connectivity index (χ0) is 7.98. The van der Waals surface area contributed by atoms with E-state index in [1.807, 2.05) is 0 Å². The zero-order valence-electron chi connectivity index (χ0n) is 8.26. The van der Waals surface area contributed by atoms with Crippen molar-refractivity contribution in [3.8, 4) is 0 Å². The number of hydrogen-bond donors (Lipinski definition) is 0. The van der Waals surface area contributed by atoms with Crippen LogP contribution in [0.25, 0.3) is 0 Å². The lowest BCUT2D eigenvalue weighted by Crippen LogP contribution is -2.27. The summed E-state index contributed by atoms with van der Waals surface area (Å²) in [6.07, 6.45) is 5.31. The Bertz CT molecular complexity index is 68.0. The summed E-state index contributed by atoms with van der Waals surface area (Å²) in [5.74, 6) is 0. The topological polar surface area (TPSA) is 3.24 Å². The van der Waals surface area contributed by atoms with E-state index >= 15 is 0 Å². The van der Waals surface area contributed by atoms with E-state index in [9.17, 15) is 0 Å². The van der Waals surface area contributed by atoms with Gasteiger partial charge < -0.3 is 4.90 Å². The fourth-order valence-corrected chi connectivity index (χ4v) is 1.33. The number of hydrogen-bond acceptors (Lipinski definition) is 1. The predicted molar refractivity (Wildman–Crippen MR) is 54.5 cm³/mol. The minimum Gasteiger partial charge on any atom is -0.306 e. The fraction of sp³-hybridized carbons (Fsp3) is 1.00. The Labute approximate surface area is 77.6 Å². The molecule has 70 valence electrons. The molecule has 0 aliphatic rings. The van der Waals surface area contributed by atoms with E-state index in [0.717, 1.165) is 6.04 Å². The molecule has 0 spiro atoms. The molecule has 0 aromatic carbocycles. The average molecular weight is 180 g/mol. The fourth-order valence-electron chi connectivity index (χ4n) is 1.33. The van der Waals surface area contributed by atoms with Crippen molar-refractivity contribution in [1.82, 2.24) is 4.90 Å². The minimum absolute atomic E-state index is 0. The highest BCUT2D eigenvalue weighted by Gasteiger charge is 2.07. The molecule has 0 aliphatic carbocycles. The Hall–Kier alpha value is 0.250. The van der Waals surface area contributed by atoms with E-state index in [4.69, 9.17) is 0 Å². The second kappa shape index (κ2) is 8.35. The summed E-state index contributed by atoms with van der Waals surface area (Å²) >= 11 is 0. The lowest BCUT2D eigenvalue weighted by atomic mass is 10.1. The van der Waals surface area contributed by atoms with E-state index < -0.39 is 0 Å². The van der Waals surface area contributed by atoms with Crippen LogP contribution >= 0.6 is 12.4 Å². The van der Waals surface area contributed by atoms with Gasteiger partial charge in [-0.2, -0.15) is 0 Å². The van der Waals surface area contributed by atoms with Gasteiger partial charge in [0.25, 0.3) is 0 Å². The SMILES string of the molecule is CCCC(CCC)N(C)C.Cl. The van der Waals surface area contributed by atoms with Gasteiger partial charge >= 0.3 is 0 Å². The minimum atomic E-state index is 0. The van der Waals surface area contributed by atoms with Gasteiger partial charge in [0, 0.05) is 6.04 Å². The summed E-state index contributed by atoms with van der Waals surface area (Å²) in [4.78, 5) is 2.34. The average Bonchev–Trinajstić information content (AvgIpc) is 1.87. The molecule has 0 heterocycles. The van der Waals surface area contributed by atoms with Crippen LogP contribution in [0.1, 0.15) is 39.5 Å². The van der Waals surface area contributed by atoms with Crippen molar-refractivity contribution in [3.63, 3.8) is 0 Å². The molecular weight excluding hydrogens is 158 g/mol. The van der Waals surface area contributed by atoms with E-state index in [2.05, 4.69) is 32.8 Å². The molecular formula is C9H22ClN. The Morgan fingerprint density at radius 2 is 1.36 bits per heavy atom.